The normalized spacial score (nSPS) is 18.7. The van der Waals surface area contributed by atoms with Crippen LogP contribution in [0, 0.1) is 0 Å². The number of ether oxygens (including phenoxy) is 1. The highest BCUT2D eigenvalue weighted by molar-refractivity contribution is 5.98. The van der Waals surface area contributed by atoms with Crippen molar-refractivity contribution in [2.45, 2.75) is 103 Å². The molecule has 2 saturated heterocycles. The summed E-state index contributed by atoms with van der Waals surface area (Å²) in [6.45, 7) is 11.0. The van der Waals surface area contributed by atoms with Crippen LogP contribution in [-0.2, 0) is 29.0 Å². The molecule has 0 aromatic heterocycles. The molecular formula is C47H59N3O5. The van der Waals surface area contributed by atoms with Crippen LogP contribution in [0.2, 0.25) is 0 Å². The fourth-order valence-corrected chi connectivity index (χ4v) is 7.94. The number of hydrogen-bond donors (Lipinski definition) is 3. The Kier molecular flexibility index (Phi) is 15.9. The van der Waals surface area contributed by atoms with E-state index in [2.05, 4.69) is 89.2 Å². The molecule has 2 atom stereocenters. The van der Waals surface area contributed by atoms with E-state index >= 15 is 0 Å². The number of fused-ring (bicyclic) bond motifs is 2. The number of phenols is 1. The average Bonchev–Trinajstić information content (AvgIpc) is 3.59. The molecular weight excluding hydrogens is 687 g/mol. The number of nitrogens with one attached hydrogen (secondary N) is 2. The topological polar surface area (TPSA) is 108 Å². The average molecular weight is 746 g/mol. The lowest BCUT2D eigenvalue weighted by atomic mass is 9.69. The molecule has 3 aliphatic heterocycles. The molecule has 3 amide bonds. The monoisotopic (exact) mass is 745 g/mol. The Labute approximate surface area is 327 Å². The maximum Gasteiger partial charge on any atom is 0.251 e. The second-order valence-electron chi connectivity index (χ2n) is 14.5. The number of piperidine rings is 2. The summed E-state index contributed by atoms with van der Waals surface area (Å²) in [5.41, 5.74) is 8.63. The van der Waals surface area contributed by atoms with Crippen LogP contribution in [0.1, 0.15) is 128 Å². The lowest BCUT2D eigenvalue weighted by Crippen LogP contribution is -2.33. The first-order chi connectivity index (χ1) is 26.9. The van der Waals surface area contributed by atoms with E-state index < -0.39 is 0 Å². The van der Waals surface area contributed by atoms with Gasteiger partial charge in [-0.05, 0) is 121 Å². The number of amides is 3. The second-order valence-corrected chi connectivity index (χ2v) is 14.5. The van der Waals surface area contributed by atoms with Crippen LogP contribution in [0.4, 0.5) is 0 Å². The molecule has 0 spiro atoms. The first-order valence-electron chi connectivity index (χ1n) is 20.4. The van der Waals surface area contributed by atoms with Crippen molar-refractivity contribution in [3.63, 3.8) is 0 Å². The number of carbonyl (C=O) groups excluding carboxylic acids is 3. The number of phenolic OH excluding ortho intramolecular Hbond substituents is 1. The van der Waals surface area contributed by atoms with Crippen molar-refractivity contribution >= 4 is 17.7 Å². The van der Waals surface area contributed by atoms with Gasteiger partial charge in [0.05, 0.1) is 0 Å². The fraction of sp³-hybridized carbons (Fsp3) is 0.426. The summed E-state index contributed by atoms with van der Waals surface area (Å²) in [6.07, 6.45) is 10.1. The van der Waals surface area contributed by atoms with E-state index in [0.717, 1.165) is 55.7 Å². The van der Waals surface area contributed by atoms with Crippen molar-refractivity contribution in [1.29, 1.82) is 0 Å². The predicted octanol–water partition coefficient (Wildman–Crippen LogP) is 8.84. The Bertz CT molecular complexity index is 1820. The Balaban J connectivity index is 0.000000205. The molecule has 8 rings (SSSR count). The van der Waals surface area contributed by atoms with Crippen LogP contribution < -0.4 is 15.4 Å². The quantitative estimate of drug-likeness (QED) is 0.156. The molecule has 0 radical (unpaired) electrons. The molecule has 4 aromatic carbocycles. The molecule has 2 fully saturated rings. The Morgan fingerprint density at radius 3 is 2.16 bits per heavy atom. The number of likely N-dealkylation sites (tertiary alicyclic amines) is 1. The minimum Gasteiger partial charge on any atom is -0.508 e. The van der Waals surface area contributed by atoms with Gasteiger partial charge < -0.3 is 15.2 Å². The van der Waals surface area contributed by atoms with Crippen molar-refractivity contribution in [3.05, 3.63) is 130 Å². The van der Waals surface area contributed by atoms with Crippen LogP contribution in [0.15, 0.2) is 91.0 Å². The third-order valence-electron chi connectivity index (χ3n) is 10.7. The van der Waals surface area contributed by atoms with Gasteiger partial charge in [0, 0.05) is 37.4 Å². The van der Waals surface area contributed by atoms with Crippen molar-refractivity contribution in [1.82, 2.24) is 15.5 Å². The van der Waals surface area contributed by atoms with Gasteiger partial charge in [0.15, 0.2) is 0 Å². The van der Waals surface area contributed by atoms with Crippen LogP contribution in [0.5, 0.6) is 11.5 Å². The van der Waals surface area contributed by atoms with Crippen LogP contribution in [-0.4, -0.2) is 54.0 Å². The summed E-state index contributed by atoms with van der Waals surface area (Å²) < 4.78 is 6.07. The van der Waals surface area contributed by atoms with Gasteiger partial charge in [-0.3, -0.25) is 24.6 Å². The molecule has 3 N–H and O–H groups in total. The van der Waals surface area contributed by atoms with Gasteiger partial charge in [-0.25, -0.2) is 0 Å². The molecule has 8 nitrogen and oxygen atoms in total. The number of hydrogen-bond acceptors (Lipinski definition) is 6. The molecule has 4 aliphatic rings. The summed E-state index contributed by atoms with van der Waals surface area (Å²) in [7, 11) is 0. The Morgan fingerprint density at radius 1 is 0.764 bits per heavy atom. The van der Waals surface area contributed by atoms with Crippen molar-refractivity contribution in [3.8, 4) is 11.5 Å². The highest BCUT2D eigenvalue weighted by Crippen LogP contribution is 2.47. The number of rotatable bonds is 8. The molecule has 2 unspecified atom stereocenters. The number of imide groups is 1. The number of carbonyl (C=O) groups is 3. The Hall–Kier alpha value is -4.95. The first-order valence-corrected chi connectivity index (χ1v) is 20.4. The van der Waals surface area contributed by atoms with Crippen LogP contribution >= 0.6 is 0 Å². The largest absolute Gasteiger partial charge is 0.508 e. The standard InChI is InChI=1S/C29H33NO2.C11H13NO.C5H7NO2.C2H6/c31-25-12-16-28-24(21-25)11-15-27(22-7-3-1-4-8-22)29(28)23-9-13-26(14-10-23)32-20-19-30-17-5-2-6-18-30;1-2-3-8-4-5-10-9(6-8)7-12-11(10)13;7-4-2-1-3-5(8)6-4;1-2/h1,3-4,7-10,12-14,16,21,27,29,31H,2,5-6,11,15,17-20H2;4-6H,2-3,7H2,1H3,(H,12,13);1-3H2,(H,6,7,8);1-2H3. The molecule has 0 saturated carbocycles. The summed E-state index contributed by atoms with van der Waals surface area (Å²) >= 11 is 0. The third kappa shape index (κ3) is 11.8. The van der Waals surface area contributed by atoms with Gasteiger partial charge in [-0.1, -0.05) is 94.3 Å². The van der Waals surface area contributed by atoms with Crippen molar-refractivity contribution in [2.75, 3.05) is 26.2 Å². The minimum atomic E-state index is -0.138. The van der Waals surface area contributed by atoms with E-state index in [9.17, 15) is 19.5 Å². The van der Waals surface area contributed by atoms with Gasteiger partial charge >= 0.3 is 0 Å². The molecule has 8 heteroatoms. The summed E-state index contributed by atoms with van der Waals surface area (Å²) in [5.74, 6) is 1.81. The van der Waals surface area contributed by atoms with Gasteiger partial charge in [-0.15, -0.1) is 0 Å². The van der Waals surface area contributed by atoms with E-state index in [4.69, 9.17) is 4.74 Å². The zero-order valence-electron chi connectivity index (χ0n) is 32.9. The van der Waals surface area contributed by atoms with Crippen molar-refractivity contribution in [2.24, 2.45) is 0 Å². The number of nitrogens with zero attached hydrogens (tertiary/aromatic N) is 1. The third-order valence-corrected chi connectivity index (χ3v) is 10.7. The molecule has 55 heavy (non-hydrogen) atoms. The number of benzene rings is 4. The Morgan fingerprint density at radius 2 is 1.49 bits per heavy atom. The zero-order chi connectivity index (χ0) is 39.0. The van der Waals surface area contributed by atoms with E-state index in [-0.39, 0.29) is 23.6 Å². The van der Waals surface area contributed by atoms with Crippen molar-refractivity contribution < 1.29 is 24.2 Å². The second kappa shape index (κ2) is 21.2. The summed E-state index contributed by atoms with van der Waals surface area (Å²) in [4.78, 5) is 34.4. The van der Waals surface area contributed by atoms with Gasteiger partial charge in [-0.2, -0.15) is 0 Å². The lowest BCUT2D eigenvalue weighted by Gasteiger charge is -2.35. The van der Waals surface area contributed by atoms with Crippen LogP contribution in [0.25, 0.3) is 0 Å². The van der Waals surface area contributed by atoms with Gasteiger partial charge in [0.25, 0.3) is 5.91 Å². The summed E-state index contributed by atoms with van der Waals surface area (Å²) in [6, 6.07) is 31.6. The molecule has 0 bridgehead atoms. The van der Waals surface area contributed by atoms with E-state index in [1.54, 1.807) is 0 Å². The summed E-state index contributed by atoms with van der Waals surface area (Å²) in [5, 5.41) is 15.0. The van der Waals surface area contributed by atoms with E-state index in [0.29, 0.717) is 37.5 Å². The van der Waals surface area contributed by atoms with Gasteiger partial charge in [0.1, 0.15) is 18.1 Å². The minimum absolute atomic E-state index is 0.0676. The van der Waals surface area contributed by atoms with Crippen LogP contribution in [0.3, 0.4) is 0 Å². The molecule has 292 valence electrons. The highest BCUT2D eigenvalue weighted by atomic mass is 16.5. The van der Waals surface area contributed by atoms with E-state index in [1.165, 1.54) is 60.2 Å². The fourth-order valence-electron chi connectivity index (χ4n) is 7.94. The van der Waals surface area contributed by atoms with E-state index in [1.807, 2.05) is 38.1 Å². The maximum absolute atomic E-state index is 11.2. The first kappa shape index (κ1) is 41.2. The molecule has 3 heterocycles. The highest BCUT2D eigenvalue weighted by Gasteiger charge is 2.32. The smallest absolute Gasteiger partial charge is 0.251 e. The number of aryl methyl sites for hydroxylation is 2. The molecule has 4 aromatic rings. The SMILES string of the molecule is CC.CCCc1ccc2c(c1)CNC2=O.O=C1CCCC(=O)N1.Oc1ccc2c(c1)CCC(c1ccccc1)C2c1ccc(OCCN2CCCCC2)cc1. The zero-order valence-corrected chi connectivity index (χ0v) is 32.9. The molecule has 1 aliphatic carbocycles. The number of aromatic hydroxyl groups is 1. The van der Waals surface area contributed by atoms with Gasteiger partial charge in [0.2, 0.25) is 11.8 Å². The maximum atomic E-state index is 11.2. The lowest BCUT2D eigenvalue weighted by molar-refractivity contribution is -0.132. The predicted molar refractivity (Wildman–Crippen MR) is 220 cm³/mol.